The molecule has 1 aromatic rings. The van der Waals surface area contributed by atoms with Crippen molar-refractivity contribution in [2.45, 2.75) is 83.3 Å². The first-order valence-electron chi connectivity index (χ1n) is 12.8. The highest BCUT2D eigenvalue weighted by molar-refractivity contribution is 7.88. The van der Waals surface area contributed by atoms with Crippen LogP contribution in [0.4, 0.5) is 4.79 Å². The van der Waals surface area contributed by atoms with Crippen molar-refractivity contribution in [2.75, 3.05) is 26.6 Å². The molecule has 10 heteroatoms. The minimum atomic E-state index is -3.59. The molecule has 0 bridgehead atoms. The maximum Gasteiger partial charge on any atom is 0.410 e. The van der Waals surface area contributed by atoms with E-state index in [4.69, 9.17) is 13.9 Å². The molecule has 1 aliphatic rings. The molecule has 1 saturated heterocycles. The monoisotopic (exact) mass is 540 g/mol. The smallest absolute Gasteiger partial charge is 0.410 e. The van der Waals surface area contributed by atoms with Crippen molar-refractivity contribution in [1.29, 1.82) is 0 Å². The molecule has 0 spiro atoms. The molecule has 204 valence electrons. The van der Waals surface area contributed by atoms with E-state index in [0.717, 1.165) is 23.7 Å². The summed E-state index contributed by atoms with van der Waals surface area (Å²) in [5.41, 5.74) is 0.847. The predicted molar refractivity (Wildman–Crippen MR) is 146 cm³/mol. The number of ether oxygens (including phenoxy) is 2. The first-order chi connectivity index (χ1) is 17.1. The Hall–Kier alpha value is -1.88. The summed E-state index contributed by atoms with van der Waals surface area (Å²) in [5.74, 6) is 0.707. The fourth-order valence-corrected chi connectivity index (χ4v) is 8.70. The molecule has 8 nitrogen and oxygen atoms in total. The zero-order chi connectivity index (χ0) is 26.9. The Morgan fingerprint density at radius 1 is 1.19 bits per heavy atom. The number of likely N-dealkylation sites (tertiary alicyclic amines) is 1. The molecule has 1 heterocycles. The fourth-order valence-electron chi connectivity index (χ4n) is 4.96. The average molecular weight is 541 g/mol. The van der Waals surface area contributed by atoms with Gasteiger partial charge in [0.15, 0.2) is 8.32 Å². The van der Waals surface area contributed by atoms with E-state index in [-0.39, 0.29) is 19.2 Å². The number of nitrogens with zero attached hydrogens (tertiary/aromatic N) is 2. The lowest BCUT2D eigenvalue weighted by molar-refractivity contribution is 0.0668. The van der Waals surface area contributed by atoms with Crippen molar-refractivity contribution in [3.63, 3.8) is 0 Å². The van der Waals surface area contributed by atoms with Crippen molar-refractivity contribution in [1.82, 2.24) is 9.21 Å². The van der Waals surface area contributed by atoms with Gasteiger partial charge < -0.3 is 13.9 Å². The number of carbonyl (C=O) groups is 1. The van der Waals surface area contributed by atoms with Gasteiger partial charge in [-0.15, -0.1) is 6.58 Å². The number of benzene rings is 1. The van der Waals surface area contributed by atoms with Crippen LogP contribution in [0.25, 0.3) is 0 Å². The minimum Gasteiger partial charge on any atom is -0.497 e. The van der Waals surface area contributed by atoms with Crippen LogP contribution in [0, 0.1) is 0 Å². The van der Waals surface area contributed by atoms with Gasteiger partial charge in [-0.25, -0.2) is 13.2 Å². The Bertz CT molecular complexity index is 943. The second-order valence-corrected chi connectivity index (χ2v) is 16.2. The summed E-state index contributed by atoms with van der Waals surface area (Å²) in [6, 6.07) is 9.22. The molecule has 0 radical (unpaired) electrons. The van der Waals surface area contributed by atoms with E-state index in [0.29, 0.717) is 25.2 Å². The van der Waals surface area contributed by atoms with Crippen LogP contribution in [-0.4, -0.2) is 76.7 Å². The lowest BCUT2D eigenvalue weighted by atomic mass is 10.1. The van der Waals surface area contributed by atoms with Gasteiger partial charge in [0.2, 0.25) is 10.0 Å². The van der Waals surface area contributed by atoms with Crippen molar-refractivity contribution in [3.8, 4) is 5.75 Å². The van der Waals surface area contributed by atoms with E-state index in [1.165, 1.54) is 10.6 Å². The van der Waals surface area contributed by atoms with Gasteiger partial charge in [0, 0.05) is 18.6 Å². The first kappa shape index (κ1) is 30.3. The Morgan fingerprint density at radius 3 is 2.31 bits per heavy atom. The van der Waals surface area contributed by atoms with Crippen molar-refractivity contribution >= 4 is 24.4 Å². The lowest BCUT2D eigenvalue weighted by Crippen LogP contribution is -2.53. The van der Waals surface area contributed by atoms with Crippen LogP contribution in [0.1, 0.15) is 46.1 Å². The maximum atomic E-state index is 13.2. The van der Waals surface area contributed by atoms with Crippen LogP contribution < -0.4 is 4.74 Å². The molecule has 0 unspecified atom stereocenters. The average Bonchev–Trinajstić information content (AvgIpc) is 3.19. The standard InChI is InChI=1S/C26H44N2O6SSi/c1-8-12-17-33-26(29)28-21(5)18-24(25(28)20-34-36(9-2,10-3)11-4)27(35(7,30)31)19-22-13-15-23(32-6)16-14-22/h8,13-16,21,24-25H,1,9-12,17-20H2,2-7H3/t21-,24+,25+/m1/s1. The summed E-state index contributed by atoms with van der Waals surface area (Å²) < 4.78 is 45.1. The predicted octanol–water partition coefficient (Wildman–Crippen LogP) is 5.02. The summed E-state index contributed by atoms with van der Waals surface area (Å²) in [6.07, 6.45) is 3.56. The third kappa shape index (κ3) is 7.56. The number of amides is 1. The van der Waals surface area contributed by atoms with Crippen LogP contribution in [-0.2, 0) is 25.7 Å². The van der Waals surface area contributed by atoms with Gasteiger partial charge in [0.1, 0.15) is 5.75 Å². The van der Waals surface area contributed by atoms with Crippen molar-refractivity contribution < 1.29 is 27.1 Å². The Kier molecular flexibility index (Phi) is 11.5. The van der Waals surface area contributed by atoms with E-state index in [9.17, 15) is 13.2 Å². The molecule has 0 aromatic heterocycles. The van der Waals surface area contributed by atoms with Gasteiger partial charge in [-0.05, 0) is 55.6 Å². The van der Waals surface area contributed by atoms with Crippen LogP contribution in [0.5, 0.6) is 5.75 Å². The Morgan fingerprint density at radius 2 is 1.81 bits per heavy atom. The quantitative estimate of drug-likeness (QED) is 0.187. The summed E-state index contributed by atoms with van der Waals surface area (Å²) in [7, 11) is -3.97. The highest BCUT2D eigenvalue weighted by Crippen LogP contribution is 2.34. The van der Waals surface area contributed by atoms with E-state index < -0.39 is 36.5 Å². The normalized spacial score (nSPS) is 20.5. The number of hydrogen-bond acceptors (Lipinski definition) is 6. The second kappa shape index (κ2) is 13.6. The summed E-state index contributed by atoms with van der Waals surface area (Å²) in [4.78, 5) is 14.9. The topological polar surface area (TPSA) is 85.4 Å². The molecule has 3 atom stereocenters. The molecule has 0 N–H and O–H groups in total. The van der Waals surface area contributed by atoms with Crippen molar-refractivity contribution in [2.24, 2.45) is 0 Å². The molecule has 0 aliphatic carbocycles. The number of rotatable bonds is 14. The second-order valence-electron chi connectivity index (χ2n) is 9.53. The molecular formula is C26H44N2O6SSi. The molecule has 1 fully saturated rings. The maximum absolute atomic E-state index is 13.2. The highest BCUT2D eigenvalue weighted by Gasteiger charge is 2.48. The van der Waals surface area contributed by atoms with E-state index in [1.807, 2.05) is 31.2 Å². The zero-order valence-electron chi connectivity index (χ0n) is 22.7. The molecule has 1 amide bonds. The molecule has 0 saturated carbocycles. The van der Waals surface area contributed by atoms with Gasteiger partial charge >= 0.3 is 6.09 Å². The third-order valence-corrected chi connectivity index (χ3v) is 13.3. The molecule has 1 aromatic carbocycles. The number of sulfonamides is 1. The van der Waals surface area contributed by atoms with Gasteiger partial charge in [0.25, 0.3) is 0 Å². The van der Waals surface area contributed by atoms with E-state index >= 15 is 0 Å². The van der Waals surface area contributed by atoms with Gasteiger partial charge in [-0.3, -0.25) is 4.90 Å². The number of methoxy groups -OCH3 is 1. The molecule has 1 aliphatic heterocycles. The van der Waals surface area contributed by atoms with Crippen LogP contribution in [0.3, 0.4) is 0 Å². The minimum absolute atomic E-state index is 0.194. The number of hydrogen-bond donors (Lipinski definition) is 0. The van der Waals surface area contributed by atoms with Gasteiger partial charge in [-0.2, -0.15) is 4.31 Å². The first-order valence-corrected chi connectivity index (χ1v) is 17.2. The Balaban J connectivity index is 2.42. The summed E-state index contributed by atoms with van der Waals surface area (Å²) in [5, 5.41) is 0. The van der Waals surface area contributed by atoms with E-state index in [1.54, 1.807) is 18.1 Å². The summed E-state index contributed by atoms with van der Waals surface area (Å²) in [6.45, 7) is 12.8. The molecular weight excluding hydrogens is 496 g/mol. The van der Waals surface area contributed by atoms with Crippen LogP contribution in [0.15, 0.2) is 36.9 Å². The molecule has 2 rings (SSSR count). The SMILES string of the molecule is C=CCCOC(=O)N1[C@H](C)C[C@H](N(Cc2ccc(OC)cc2)S(C)(=O)=O)[C@@H]1CO[Si](CC)(CC)CC. The largest absolute Gasteiger partial charge is 0.497 e. The lowest BCUT2D eigenvalue weighted by Gasteiger charge is -2.37. The van der Waals surface area contributed by atoms with Crippen molar-refractivity contribution in [3.05, 3.63) is 42.5 Å². The van der Waals surface area contributed by atoms with E-state index in [2.05, 4.69) is 27.4 Å². The third-order valence-electron chi connectivity index (χ3n) is 7.40. The van der Waals surface area contributed by atoms with Gasteiger partial charge in [-0.1, -0.05) is 39.0 Å². The van der Waals surface area contributed by atoms with Gasteiger partial charge in [0.05, 0.1) is 32.6 Å². The van der Waals surface area contributed by atoms with Crippen LogP contribution in [0.2, 0.25) is 18.1 Å². The molecule has 36 heavy (non-hydrogen) atoms. The fraction of sp³-hybridized carbons (Fsp3) is 0.654. The number of carbonyl (C=O) groups excluding carboxylic acids is 1. The zero-order valence-corrected chi connectivity index (χ0v) is 24.6. The highest BCUT2D eigenvalue weighted by atomic mass is 32.2. The summed E-state index contributed by atoms with van der Waals surface area (Å²) >= 11 is 0. The van der Waals surface area contributed by atoms with Crippen LogP contribution >= 0.6 is 0 Å². The Labute approximate surface area is 218 Å².